The number of thioether (sulfide) groups is 1. The molecule has 1 aromatic heterocycles. The average Bonchev–Trinajstić information content (AvgIpc) is 2.89. The van der Waals surface area contributed by atoms with E-state index in [9.17, 15) is 9.59 Å². The predicted molar refractivity (Wildman–Crippen MR) is 80.3 cm³/mol. The maximum Gasteiger partial charge on any atom is 0.262 e. The number of benzene rings is 1. The highest BCUT2D eigenvalue weighted by Crippen LogP contribution is 2.29. The van der Waals surface area contributed by atoms with Crippen LogP contribution in [-0.2, 0) is 4.79 Å². The number of amides is 1. The number of carbonyl (C=O) groups is 2. The first-order valence-corrected chi connectivity index (χ1v) is 7.95. The molecule has 0 radical (unpaired) electrons. The van der Waals surface area contributed by atoms with Crippen LogP contribution in [0.2, 0.25) is 0 Å². The van der Waals surface area contributed by atoms with Crippen LogP contribution in [0.4, 0.5) is 5.69 Å². The van der Waals surface area contributed by atoms with Crippen LogP contribution in [0, 0.1) is 6.92 Å². The highest BCUT2D eigenvalue weighted by atomic mass is 32.2. The van der Waals surface area contributed by atoms with Crippen LogP contribution in [-0.4, -0.2) is 34.2 Å². The molecule has 0 spiro atoms. The zero-order chi connectivity index (χ0) is 14.8. The smallest absolute Gasteiger partial charge is 0.262 e. The van der Waals surface area contributed by atoms with Gasteiger partial charge in [-0.05, 0) is 25.1 Å². The monoisotopic (exact) mass is 321 g/mol. The summed E-state index contributed by atoms with van der Waals surface area (Å²) in [6, 6.07) is 5.03. The average molecular weight is 321 g/mol. The molecule has 0 bridgehead atoms. The highest BCUT2D eigenvalue weighted by molar-refractivity contribution is 8.01. The Hall–Kier alpha value is -1.93. The lowest BCUT2D eigenvalue weighted by Crippen LogP contribution is -2.25. The van der Waals surface area contributed by atoms with Gasteiger partial charge in [0, 0.05) is 5.56 Å². The van der Waals surface area contributed by atoms with Crippen LogP contribution in [0.25, 0.3) is 0 Å². The van der Waals surface area contributed by atoms with E-state index in [1.54, 1.807) is 18.2 Å². The van der Waals surface area contributed by atoms with E-state index in [4.69, 9.17) is 4.74 Å². The Labute approximate surface area is 128 Å². The minimum atomic E-state index is -0.217. The number of hydrogen-bond acceptors (Lipinski definition) is 7. The first-order valence-electron chi connectivity index (χ1n) is 6.14. The molecule has 0 atom stereocenters. The lowest BCUT2D eigenvalue weighted by molar-refractivity contribution is -0.118. The molecule has 1 amide bonds. The van der Waals surface area contributed by atoms with Crippen molar-refractivity contribution in [3.63, 3.8) is 0 Å². The number of Topliss-reactive ketones (excluding diaryl/α,β-unsaturated/α-hetero) is 1. The standard InChI is InChI=1S/C13H11N3O3S2/c1-7-15-16-13(21-7)20-6-10(17)8-2-3-11-9(4-8)14-12(18)5-19-11/h2-4H,5-6H2,1H3,(H,14,18). The van der Waals surface area contributed by atoms with Gasteiger partial charge in [0.2, 0.25) is 0 Å². The molecule has 6 nitrogen and oxygen atoms in total. The Kier molecular flexibility index (Phi) is 3.89. The molecule has 0 saturated heterocycles. The number of nitrogens with zero attached hydrogens (tertiary/aromatic N) is 2. The van der Waals surface area contributed by atoms with Gasteiger partial charge in [0.1, 0.15) is 10.8 Å². The summed E-state index contributed by atoms with van der Waals surface area (Å²) in [6.07, 6.45) is 0. The molecule has 3 rings (SSSR count). The summed E-state index contributed by atoms with van der Waals surface area (Å²) in [5, 5.41) is 11.4. The summed E-state index contributed by atoms with van der Waals surface area (Å²) in [7, 11) is 0. The minimum absolute atomic E-state index is 0.00649. The minimum Gasteiger partial charge on any atom is -0.482 e. The highest BCUT2D eigenvalue weighted by Gasteiger charge is 2.18. The second kappa shape index (κ2) is 5.82. The molecule has 1 aliphatic rings. The zero-order valence-corrected chi connectivity index (χ0v) is 12.7. The Bertz CT molecular complexity index is 714. The number of hydrogen-bond donors (Lipinski definition) is 1. The quantitative estimate of drug-likeness (QED) is 0.686. The van der Waals surface area contributed by atoms with Crippen molar-refractivity contribution >= 4 is 40.5 Å². The topological polar surface area (TPSA) is 81.2 Å². The molecule has 1 aliphatic heterocycles. The number of carbonyl (C=O) groups excluding carboxylic acids is 2. The van der Waals surface area contributed by atoms with Crippen molar-refractivity contribution in [3.8, 4) is 5.75 Å². The number of rotatable bonds is 4. The Morgan fingerprint density at radius 3 is 3.10 bits per heavy atom. The van der Waals surface area contributed by atoms with E-state index in [-0.39, 0.29) is 24.1 Å². The van der Waals surface area contributed by atoms with Crippen molar-refractivity contribution in [1.82, 2.24) is 10.2 Å². The molecule has 8 heteroatoms. The van der Waals surface area contributed by atoms with Gasteiger partial charge >= 0.3 is 0 Å². The molecule has 21 heavy (non-hydrogen) atoms. The fourth-order valence-electron chi connectivity index (χ4n) is 1.80. The van der Waals surface area contributed by atoms with Gasteiger partial charge in [-0.25, -0.2) is 0 Å². The van der Waals surface area contributed by atoms with Crippen LogP contribution in [0.15, 0.2) is 22.5 Å². The van der Waals surface area contributed by atoms with Gasteiger partial charge in [-0.15, -0.1) is 10.2 Å². The second-order valence-corrected chi connectivity index (χ2v) is 6.75. The SMILES string of the molecule is Cc1nnc(SCC(=O)c2ccc3c(c2)NC(=O)CO3)s1. The van der Waals surface area contributed by atoms with Crippen molar-refractivity contribution in [2.75, 3.05) is 17.7 Å². The molecule has 108 valence electrons. The van der Waals surface area contributed by atoms with E-state index in [2.05, 4.69) is 15.5 Å². The number of aryl methyl sites for hydroxylation is 1. The van der Waals surface area contributed by atoms with E-state index in [0.29, 0.717) is 17.0 Å². The van der Waals surface area contributed by atoms with E-state index < -0.39 is 0 Å². The lowest BCUT2D eigenvalue weighted by Gasteiger charge is -2.18. The normalized spacial score (nSPS) is 13.3. The van der Waals surface area contributed by atoms with Crippen molar-refractivity contribution < 1.29 is 14.3 Å². The van der Waals surface area contributed by atoms with Crippen LogP contribution >= 0.6 is 23.1 Å². The van der Waals surface area contributed by atoms with Gasteiger partial charge in [0.05, 0.1) is 11.4 Å². The van der Waals surface area contributed by atoms with E-state index in [0.717, 1.165) is 9.35 Å². The zero-order valence-electron chi connectivity index (χ0n) is 11.1. The van der Waals surface area contributed by atoms with Crippen LogP contribution in [0.5, 0.6) is 5.75 Å². The molecule has 2 heterocycles. The third-order valence-corrected chi connectivity index (χ3v) is 4.74. The maximum absolute atomic E-state index is 12.2. The number of fused-ring (bicyclic) bond motifs is 1. The number of aromatic nitrogens is 2. The van der Waals surface area contributed by atoms with Crippen molar-refractivity contribution in [2.45, 2.75) is 11.3 Å². The van der Waals surface area contributed by atoms with E-state index >= 15 is 0 Å². The predicted octanol–water partition coefficient (Wildman–Crippen LogP) is 2.15. The summed E-state index contributed by atoms with van der Waals surface area (Å²) >= 11 is 2.82. The Balaban J connectivity index is 1.70. The van der Waals surface area contributed by atoms with Crippen LogP contribution in [0.1, 0.15) is 15.4 Å². The van der Waals surface area contributed by atoms with Gasteiger partial charge in [0.25, 0.3) is 5.91 Å². The summed E-state index contributed by atoms with van der Waals surface area (Å²) < 4.78 is 6.03. The van der Waals surface area contributed by atoms with Gasteiger partial charge in [-0.2, -0.15) is 0 Å². The second-order valence-electron chi connectivity index (χ2n) is 4.35. The lowest BCUT2D eigenvalue weighted by atomic mass is 10.1. The molecule has 0 unspecified atom stereocenters. The van der Waals surface area contributed by atoms with E-state index in [1.165, 1.54) is 23.1 Å². The third-order valence-electron chi connectivity index (χ3n) is 2.77. The number of anilines is 1. The third kappa shape index (κ3) is 3.22. The molecule has 1 aromatic carbocycles. The molecular formula is C13H11N3O3S2. The Morgan fingerprint density at radius 2 is 2.33 bits per heavy atom. The molecule has 1 N–H and O–H groups in total. The van der Waals surface area contributed by atoms with Gasteiger partial charge in [-0.3, -0.25) is 9.59 Å². The maximum atomic E-state index is 12.2. The van der Waals surface area contributed by atoms with Crippen LogP contribution in [0.3, 0.4) is 0 Å². The van der Waals surface area contributed by atoms with Gasteiger partial charge in [-0.1, -0.05) is 23.1 Å². The first kappa shape index (κ1) is 14.0. The van der Waals surface area contributed by atoms with E-state index in [1.807, 2.05) is 6.92 Å². The summed E-state index contributed by atoms with van der Waals surface area (Å²) in [5.41, 5.74) is 1.07. The number of ether oxygens (including phenoxy) is 1. The fraction of sp³-hybridized carbons (Fsp3) is 0.231. The van der Waals surface area contributed by atoms with Crippen LogP contribution < -0.4 is 10.1 Å². The molecular weight excluding hydrogens is 310 g/mol. The largest absolute Gasteiger partial charge is 0.482 e. The first-order chi connectivity index (χ1) is 10.1. The van der Waals surface area contributed by atoms with Crippen molar-refractivity contribution in [3.05, 3.63) is 28.8 Å². The molecule has 0 fully saturated rings. The van der Waals surface area contributed by atoms with Crippen molar-refractivity contribution in [1.29, 1.82) is 0 Å². The summed E-state index contributed by atoms with van der Waals surface area (Å²) in [4.78, 5) is 23.5. The fourth-order valence-corrected chi connectivity index (χ4v) is 3.51. The summed E-state index contributed by atoms with van der Waals surface area (Å²) in [6.45, 7) is 1.88. The number of ketones is 1. The summed E-state index contributed by atoms with van der Waals surface area (Å²) in [5.74, 6) is 0.613. The Morgan fingerprint density at radius 1 is 1.48 bits per heavy atom. The number of nitrogens with one attached hydrogen (secondary N) is 1. The molecule has 0 saturated carbocycles. The molecule has 0 aliphatic carbocycles. The van der Waals surface area contributed by atoms with Gasteiger partial charge in [0.15, 0.2) is 16.7 Å². The van der Waals surface area contributed by atoms with Gasteiger partial charge < -0.3 is 10.1 Å². The molecule has 2 aromatic rings. The van der Waals surface area contributed by atoms with Crippen molar-refractivity contribution in [2.24, 2.45) is 0 Å².